The van der Waals surface area contributed by atoms with E-state index >= 15 is 0 Å². The second-order valence-corrected chi connectivity index (χ2v) is 3.86. The highest BCUT2D eigenvalue weighted by Crippen LogP contribution is 2.12. The molecule has 0 aliphatic heterocycles. The third-order valence-electron chi connectivity index (χ3n) is 2.39. The first kappa shape index (κ1) is 13.8. The van der Waals surface area contributed by atoms with Gasteiger partial charge in [0.1, 0.15) is 11.6 Å². The third kappa shape index (κ3) is 3.95. The Morgan fingerprint density at radius 2 is 2.11 bits per heavy atom. The lowest BCUT2D eigenvalue weighted by atomic mass is 10.2. The zero-order chi connectivity index (χ0) is 13.4. The number of anilines is 1. The summed E-state index contributed by atoms with van der Waals surface area (Å²) in [5.74, 6) is -0.331. The Kier molecular flexibility index (Phi) is 5.46. The molecule has 0 spiro atoms. The van der Waals surface area contributed by atoms with E-state index in [2.05, 4.69) is 5.32 Å². The number of carbonyl (C=O) groups excluding carboxylic acids is 1. The van der Waals surface area contributed by atoms with Crippen LogP contribution in [0, 0.1) is 11.3 Å². The van der Waals surface area contributed by atoms with Crippen molar-refractivity contribution in [2.24, 2.45) is 0 Å². The van der Waals surface area contributed by atoms with Gasteiger partial charge in [-0.2, -0.15) is 5.26 Å². The lowest BCUT2D eigenvalue weighted by Crippen LogP contribution is -2.26. The van der Waals surface area contributed by atoms with Gasteiger partial charge in [-0.3, -0.25) is 4.79 Å². The summed E-state index contributed by atoms with van der Waals surface area (Å²) in [6.45, 7) is 2.54. The first-order valence-corrected chi connectivity index (χ1v) is 5.87. The SMILES string of the molecule is CCCNC(=O)/C(C#N)=C\N(C)c1ccccc1. The van der Waals surface area contributed by atoms with Gasteiger partial charge in [0.2, 0.25) is 0 Å². The average Bonchev–Trinajstić information content (AvgIpc) is 2.42. The lowest BCUT2D eigenvalue weighted by Gasteiger charge is -2.14. The van der Waals surface area contributed by atoms with Crippen LogP contribution in [0.2, 0.25) is 0 Å². The quantitative estimate of drug-likeness (QED) is 0.636. The Morgan fingerprint density at radius 1 is 1.44 bits per heavy atom. The Hall–Kier alpha value is -2.28. The van der Waals surface area contributed by atoms with Gasteiger partial charge in [-0.05, 0) is 18.6 Å². The largest absolute Gasteiger partial charge is 0.351 e. The van der Waals surface area contributed by atoms with E-state index in [-0.39, 0.29) is 11.5 Å². The van der Waals surface area contributed by atoms with Gasteiger partial charge in [0, 0.05) is 25.5 Å². The molecule has 1 aromatic carbocycles. The van der Waals surface area contributed by atoms with Gasteiger partial charge in [-0.15, -0.1) is 0 Å². The van der Waals surface area contributed by atoms with Crippen molar-refractivity contribution in [3.63, 3.8) is 0 Å². The van der Waals surface area contributed by atoms with Crippen molar-refractivity contribution in [1.29, 1.82) is 5.26 Å². The topological polar surface area (TPSA) is 56.1 Å². The van der Waals surface area contributed by atoms with Crippen LogP contribution in [0.4, 0.5) is 5.69 Å². The van der Waals surface area contributed by atoms with Gasteiger partial charge < -0.3 is 10.2 Å². The van der Waals surface area contributed by atoms with E-state index in [0.717, 1.165) is 12.1 Å². The second kappa shape index (κ2) is 7.13. The summed E-state index contributed by atoms with van der Waals surface area (Å²) in [5, 5.41) is 11.7. The van der Waals surface area contributed by atoms with Crippen molar-refractivity contribution < 1.29 is 4.79 Å². The van der Waals surface area contributed by atoms with Crippen molar-refractivity contribution in [3.05, 3.63) is 42.1 Å². The number of para-hydroxylation sites is 1. The van der Waals surface area contributed by atoms with Gasteiger partial charge in [0.25, 0.3) is 5.91 Å². The van der Waals surface area contributed by atoms with Crippen LogP contribution in [0.15, 0.2) is 42.1 Å². The van der Waals surface area contributed by atoms with Crippen LogP contribution in [0.25, 0.3) is 0 Å². The minimum absolute atomic E-state index is 0.106. The first-order valence-electron chi connectivity index (χ1n) is 5.87. The van der Waals surface area contributed by atoms with E-state index in [9.17, 15) is 4.79 Å². The van der Waals surface area contributed by atoms with E-state index in [4.69, 9.17) is 5.26 Å². The van der Waals surface area contributed by atoms with Crippen LogP contribution in [0.3, 0.4) is 0 Å². The zero-order valence-electron chi connectivity index (χ0n) is 10.7. The Morgan fingerprint density at radius 3 is 2.67 bits per heavy atom. The maximum atomic E-state index is 11.7. The lowest BCUT2D eigenvalue weighted by molar-refractivity contribution is -0.117. The van der Waals surface area contributed by atoms with Crippen molar-refractivity contribution >= 4 is 11.6 Å². The Bertz CT molecular complexity index is 460. The smallest absolute Gasteiger partial charge is 0.263 e. The highest BCUT2D eigenvalue weighted by molar-refractivity contribution is 5.97. The van der Waals surface area contributed by atoms with Crippen LogP contribution in [-0.4, -0.2) is 19.5 Å². The predicted octanol–water partition coefficient (Wildman–Crippen LogP) is 2.06. The van der Waals surface area contributed by atoms with E-state index < -0.39 is 0 Å². The number of nitriles is 1. The maximum Gasteiger partial charge on any atom is 0.263 e. The van der Waals surface area contributed by atoms with E-state index in [1.807, 2.05) is 43.3 Å². The molecule has 0 atom stereocenters. The molecule has 0 saturated carbocycles. The molecular weight excluding hydrogens is 226 g/mol. The number of hydrogen-bond donors (Lipinski definition) is 1. The molecule has 4 nitrogen and oxygen atoms in total. The van der Waals surface area contributed by atoms with Crippen LogP contribution < -0.4 is 10.2 Å². The highest BCUT2D eigenvalue weighted by atomic mass is 16.1. The standard InChI is InChI=1S/C14H17N3O/c1-3-9-16-14(18)12(10-15)11-17(2)13-7-5-4-6-8-13/h4-8,11H,3,9H2,1-2H3,(H,16,18)/b12-11-. The normalized spacial score (nSPS) is 10.6. The molecule has 1 amide bonds. The zero-order valence-corrected chi connectivity index (χ0v) is 10.7. The average molecular weight is 243 g/mol. The summed E-state index contributed by atoms with van der Waals surface area (Å²) in [6.07, 6.45) is 2.39. The minimum Gasteiger partial charge on any atom is -0.351 e. The van der Waals surface area contributed by atoms with Crippen molar-refractivity contribution in [3.8, 4) is 6.07 Å². The van der Waals surface area contributed by atoms with E-state index in [1.165, 1.54) is 0 Å². The fourth-order valence-corrected chi connectivity index (χ4v) is 1.40. The number of benzene rings is 1. The summed E-state index contributed by atoms with van der Waals surface area (Å²) in [6, 6.07) is 11.5. The van der Waals surface area contributed by atoms with Gasteiger partial charge in [0.05, 0.1) is 0 Å². The molecule has 0 heterocycles. The number of nitrogens with zero attached hydrogens (tertiary/aromatic N) is 2. The number of nitrogens with one attached hydrogen (secondary N) is 1. The number of rotatable bonds is 5. The van der Waals surface area contributed by atoms with Crippen molar-refractivity contribution in [2.45, 2.75) is 13.3 Å². The molecular formula is C14H17N3O. The molecule has 0 saturated heterocycles. The van der Waals surface area contributed by atoms with Crippen LogP contribution in [0.1, 0.15) is 13.3 Å². The molecule has 1 rings (SSSR count). The molecule has 0 aliphatic carbocycles. The van der Waals surface area contributed by atoms with Crippen LogP contribution in [-0.2, 0) is 4.79 Å². The molecule has 1 N–H and O–H groups in total. The molecule has 0 aromatic heterocycles. The summed E-state index contributed by atoms with van der Waals surface area (Å²) in [7, 11) is 1.81. The molecule has 4 heteroatoms. The molecule has 1 aromatic rings. The van der Waals surface area contributed by atoms with Crippen LogP contribution >= 0.6 is 0 Å². The predicted molar refractivity (Wildman–Crippen MR) is 71.8 cm³/mol. The van der Waals surface area contributed by atoms with Gasteiger partial charge in [-0.1, -0.05) is 25.1 Å². The highest BCUT2D eigenvalue weighted by Gasteiger charge is 2.09. The molecule has 94 valence electrons. The molecule has 0 unspecified atom stereocenters. The monoisotopic (exact) mass is 243 g/mol. The second-order valence-electron chi connectivity index (χ2n) is 3.86. The molecule has 18 heavy (non-hydrogen) atoms. The van der Waals surface area contributed by atoms with E-state index in [1.54, 1.807) is 18.1 Å². The fourth-order valence-electron chi connectivity index (χ4n) is 1.40. The summed E-state index contributed by atoms with van der Waals surface area (Å²) in [5.41, 5.74) is 1.03. The summed E-state index contributed by atoms with van der Waals surface area (Å²) < 4.78 is 0. The Balaban J connectivity index is 2.79. The third-order valence-corrected chi connectivity index (χ3v) is 2.39. The molecule has 0 aliphatic rings. The molecule has 0 fully saturated rings. The Labute approximate surface area is 108 Å². The molecule has 0 radical (unpaired) electrons. The van der Waals surface area contributed by atoms with Gasteiger partial charge >= 0.3 is 0 Å². The maximum absolute atomic E-state index is 11.7. The van der Waals surface area contributed by atoms with Crippen molar-refractivity contribution in [2.75, 3.05) is 18.5 Å². The fraction of sp³-hybridized carbons (Fsp3) is 0.286. The number of hydrogen-bond acceptors (Lipinski definition) is 3. The first-order chi connectivity index (χ1) is 8.69. The summed E-state index contributed by atoms with van der Waals surface area (Å²) >= 11 is 0. The summed E-state index contributed by atoms with van der Waals surface area (Å²) in [4.78, 5) is 13.4. The van der Waals surface area contributed by atoms with Crippen LogP contribution in [0.5, 0.6) is 0 Å². The van der Waals surface area contributed by atoms with Crippen molar-refractivity contribution in [1.82, 2.24) is 5.32 Å². The number of amides is 1. The van der Waals surface area contributed by atoms with E-state index in [0.29, 0.717) is 6.54 Å². The minimum atomic E-state index is -0.331. The van der Waals surface area contributed by atoms with Gasteiger partial charge in [0.15, 0.2) is 0 Å². The molecule has 0 bridgehead atoms. The van der Waals surface area contributed by atoms with Gasteiger partial charge in [-0.25, -0.2) is 0 Å². The number of carbonyl (C=O) groups is 1.